The summed E-state index contributed by atoms with van der Waals surface area (Å²) in [4.78, 5) is 51.1. The fourth-order valence-corrected chi connectivity index (χ4v) is 3.42. The van der Waals surface area contributed by atoms with Crippen molar-refractivity contribution >= 4 is 23.8 Å². The van der Waals surface area contributed by atoms with Crippen LogP contribution in [0.5, 0.6) is 0 Å². The quantitative estimate of drug-likeness (QED) is 0.762. The zero-order valence-electron chi connectivity index (χ0n) is 15.7. The van der Waals surface area contributed by atoms with E-state index < -0.39 is 29.3 Å². The highest BCUT2D eigenvalue weighted by Crippen LogP contribution is 2.29. The van der Waals surface area contributed by atoms with E-state index in [0.717, 1.165) is 10.6 Å². The number of benzene rings is 1. The Hall–Kier alpha value is -2.90. The predicted molar refractivity (Wildman–Crippen MR) is 96.9 cm³/mol. The minimum absolute atomic E-state index is 0.0533. The minimum Gasteiger partial charge on any atom is -0.335 e. The van der Waals surface area contributed by atoms with Crippen molar-refractivity contribution in [2.24, 2.45) is 5.92 Å². The van der Waals surface area contributed by atoms with Gasteiger partial charge in [-0.05, 0) is 25.8 Å². The molecule has 1 aromatic rings. The summed E-state index contributed by atoms with van der Waals surface area (Å²) < 4.78 is 0. The van der Waals surface area contributed by atoms with E-state index in [0.29, 0.717) is 6.42 Å². The van der Waals surface area contributed by atoms with Gasteiger partial charge in [0, 0.05) is 13.0 Å². The molecular weight excluding hydrogens is 348 g/mol. The molecule has 1 aromatic carbocycles. The summed E-state index contributed by atoms with van der Waals surface area (Å²) in [5.74, 6) is -1.74. The Kier molecular flexibility index (Phi) is 4.91. The van der Waals surface area contributed by atoms with Crippen molar-refractivity contribution in [1.82, 2.24) is 20.7 Å². The van der Waals surface area contributed by atoms with Crippen molar-refractivity contribution in [3.05, 3.63) is 35.9 Å². The molecule has 0 bridgehead atoms. The summed E-state index contributed by atoms with van der Waals surface area (Å²) in [7, 11) is 0. The number of rotatable bonds is 5. The molecule has 8 nitrogen and oxygen atoms in total. The Balaban J connectivity index is 1.66. The van der Waals surface area contributed by atoms with Gasteiger partial charge in [-0.3, -0.25) is 19.8 Å². The highest BCUT2D eigenvalue weighted by Gasteiger charge is 2.48. The van der Waals surface area contributed by atoms with E-state index in [1.54, 1.807) is 18.7 Å². The number of likely N-dealkylation sites (tertiary alicyclic amines) is 1. The van der Waals surface area contributed by atoms with E-state index in [-0.39, 0.29) is 24.9 Å². The molecule has 5 amide bonds. The lowest BCUT2D eigenvalue weighted by Gasteiger charge is -2.25. The van der Waals surface area contributed by atoms with Gasteiger partial charge in [0.2, 0.25) is 11.8 Å². The number of nitrogens with zero attached hydrogens (tertiary/aromatic N) is 2. The van der Waals surface area contributed by atoms with E-state index in [1.165, 1.54) is 0 Å². The van der Waals surface area contributed by atoms with Crippen LogP contribution >= 0.6 is 0 Å². The Labute approximate surface area is 157 Å². The molecule has 0 aromatic heterocycles. The van der Waals surface area contributed by atoms with Crippen LogP contribution in [0.25, 0.3) is 0 Å². The lowest BCUT2D eigenvalue weighted by Crippen LogP contribution is -2.50. The largest absolute Gasteiger partial charge is 0.344 e. The van der Waals surface area contributed by atoms with E-state index in [2.05, 4.69) is 10.7 Å². The fraction of sp³-hybridized carbons (Fsp3) is 0.474. The Morgan fingerprint density at radius 3 is 2.56 bits per heavy atom. The van der Waals surface area contributed by atoms with Crippen molar-refractivity contribution < 1.29 is 19.2 Å². The zero-order valence-corrected chi connectivity index (χ0v) is 15.7. The summed E-state index contributed by atoms with van der Waals surface area (Å²) in [6, 6.07) is 8.76. The maximum Gasteiger partial charge on any atom is 0.344 e. The highest BCUT2D eigenvalue weighted by atomic mass is 16.2. The molecule has 0 aliphatic carbocycles. The first-order chi connectivity index (χ1) is 12.8. The average Bonchev–Trinajstić information content (AvgIpc) is 3.15. The first-order valence-electron chi connectivity index (χ1n) is 9.08. The maximum atomic E-state index is 12.6. The molecule has 2 aliphatic heterocycles. The Morgan fingerprint density at radius 1 is 1.30 bits per heavy atom. The molecule has 144 valence electrons. The maximum absolute atomic E-state index is 12.6. The van der Waals surface area contributed by atoms with Gasteiger partial charge >= 0.3 is 6.03 Å². The van der Waals surface area contributed by atoms with E-state index >= 15 is 0 Å². The third-order valence-corrected chi connectivity index (χ3v) is 5.47. The molecule has 3 atom stereocenters. The van der Waals surface area contributed by atoms with E-state index in [1.807, 2.05) is 37.3 Å². The summed E-state index contributed by atoms with van der Waals surface area (Å²) in [6.07, 6.45) is 0.464. The van der Waals surface area contributed by atoms with Crippen LogP contribution < -0.4 is 10.7 Å². The molecule has 8 heteroatoms. The molecule has 27 heavy (non-hydrogen) atoms. The summed E-state index contributed by atoms with van der Waals surface area (Å²) in [6.45, 7) is 5.55. The van der Waals surface area contributed by atoms with Gasteiger partial charge in [0.1, 0.15) is 5.54 Å². The molecule has 0 saturated carbocycles. The van der Waals surface area contributed by atoms with Gasteiger partial charge < -0.3 is 10.2 Å². The molecule has 2 aliphatic rings. The second-order valence-corrected chi connectivity index (χ2v) is 7.27. The summed E-state index contributed by atoms with van der Waals surface area (Å²) in [5.41, 5.74) is 2.35. The summed E-state index contributed by atoms with van der Waals surface area (Å²) in [5, 5.41) is 3.30. The number of imide groups is 1. The lowest BCUT2D eigenvalue weighted by atomic mass is 10.00. The predicted octanol–water partition coefficient (Wildman–Crippen LogP) is 1.35. The molecule has 0 spiro atoms. The number of hydrazine groups is 1. The lowest BCUT2D eigenvalue weighted by molar-refractivity contribution is -0.140. The topological polar surface area (TPSA) is 98.8 Å². The summed E-state index contributed by atoms with van der Waals surface area (Å²) >= 11 is 0. The van der Waals surface area contributed by atoms with Crippen LogP contribution in [0.3, 0.4) is 0 Å². The van der Waals surface area contributed by atoms with Crippen LogP contribution in [0.2, 0.25) is 0 Å². The van der Waals surface area contributed by atoms with Gasteiger partial charge in [-0.2, -0.15) is 5.01 Å². The van der Waals surface area contributed by atoms with Crippen LogP contribution in [0.15, 0.2) is 30.3 Å². The smallest absolute Gasteiger partial charge is 0.335 e. The third-order valence-electron chi connectivity index (χ3n) is 5.47. The van der Waals surface area contributed by atoms with Gasteiger partial charge in [0.25, 0.3) is 5.91 Å². The van der Waals surface area contributed by atoms with Crippen molar-refractivity contribution in [2.45, 2.75) is 45.2 Å². The molecule has 2 fully saturated rings. The third kappa shape index (κ3) is 3.39. The second kappa shape index (κ2) is 7.02. The van der Waals surface area contributed by atoms with Crippen molar-refractivity contribution in [1.29, 1.82) is 0 Å². The van der Waals surface area contributed by atoms with Crippen molar-refractivity contribution in [2.75, 3.05) is 6.54 Å². The minimum atomic E-state index is -1.02. The Morgan fingerprint density at radius 2 is 1.96 bits per heavy atom. The van der Waals surface area contributed by atoms with E-state index in [9.17, 15) is 19.2 Å². The number of hydrogen-bond donors (Lipinski definition) is 2. The van der Waals surface area contributed by atoms with Crippen LogP contribution in [-0.4, -0.2) is 45.7 Å². The fourth-order valence-electron chi connectivity index (χ4n) is 3.42. The normalized spacial score (nSPS) is 26.3. The highest BCUT2D eigenvalue weighted by molar-refractivity contribution is 6.08. The van der Waals surface area contributed by atoms with Gasteiger partial charge in [0.15, 0.2) is 0 Å². The Bertz CT molecular complexity index is 781. The second-order valence-electron chi connectivity index (χ2n) is 7.27. The number of carbonyl (C=O) groups is 4. The molecule has 2 saturated heterocycles. The number of urea groups is 1. The van der Waals surface area contributed by atoms with Gasteiger partial charge in [-0.1, -0.05) is 37.3 Å². The number of nitrogens with one attached hydrogen (secondary N) is 2. The number of amides is 5. The number of carbonyl (C=O) groups excluding carboxylic acids is 4. The average molecular weight is 372 g/mol. The standard InChI is InChI=1S/C19H24N4O4/c1-4-19(3)17(26)23(18(27)20-19)21-16(25)14-10-15(24)22(11-14)12(2)13-8-6-5-7-9-13/h5-9,12,14H,4,10-11H2,1-3H3,(H,20,27)(H,21,25). The molecule has 2 heterocycles. The monoisotopic (exact) mass is 372 g/mol. The first kappa shape index (κ1) is 18.9. The van der Waals surface area contributed by atoms with Gasteiger partial charge in [-0.15, -0.1) is 0 Å². The molecule has 3 rings (SSSR count). The van der Waals surface area contributed by atoms with Crippen LogP contribution in [0, 0.1) is 5.92 Å². The first-order valence-corrected chi connectivity index (χ1v) is 9.08. The van der Waals surface area contributed by atoms with Crippen LogP contribution in [0.4, 0.5) is 4.79 Å². The van der Waals surface area contributed by atoms with E-state index in [4.69, 9.17) is 0 Å². The van der Waals surface area contributed by atoms with Crippen LogP contribution in [0.1, 0.15) is 45.2 Å². The SMILES string of the molecule is CCC1(C)NC(=O)N(NC(=O)C2CC(=O)N(C(C)c3ccccc3)C2)C1=O. The molecule has 2 N–H and O–H groups in total. The van der Waals surface area contributed by atoms with Crippen LogP contribution in [-0.2, 0) is 14.4 Å². The van der Waals surface area contributed by atoms with Gasteiger partial charge in [-0.25, -0.2) is 4.79 Å². The zero-order chi connectivity index (χ0) is 19.8. The molecule has 0 radical (unpaired) electrons. The molecular formula is C19H24N4O4. The van der Waals surface area contributed by atoms with Gasteiger partial charge in [0.05, 0.1) is 12.0 Å². The van der Waals surface area contributed by atoms with Crippen molar-refractivity contribution in [3.63, 3.8) is 0 Å². The number of hydrogen-bond acceptors (Lipinski definition) is 4. The van der Waals surface area contributed by atoms with Crippen molar-refractivity contribution in [3.8, 4) is 0 Å². The molecule has 3 unspecified atom stereocenters.